The van der Waals surface area contributed by atoms with Crippen LogP contribution in [0.2, 0.25) is 0 Å². The van der Waals surface area contributed by atoms with Crippen molar-refractivity contribution >= 4 is 0 Å². The number of hydrogen-bond donors (Lipinski definition) is 1. The maximum atomic E-state index is 13.8. The Kier molecular flexibility index (Phi) is 2.93. The summed E-state index contributed by atoms with van der Waals surface area (Å²) in [5.74, 6) is -0.757. The van der Waals surface area contributed by atoms with E-state index in [9.17, 15) is 17.6 Å². The lowest BCUT2D eigenvalue weighted by Gasteiger charge is -2.10. The Bertz CT molecular complexity index is 465. The molecule has 0 bridgehead atoms. The van der Waals surface area contributed by atoms with Gasteiger partial charge < -0.3 is 5.73 Å². The number of hydrogen-bond acceptors (Lipinski definition) is 1. The van der Waals surface area contributed by atoms with Crippen molar-refractivity contribution in [3.05, 3.63) is 35.1 Å². The first-order chi connectivity index (χ1) is 8.19. The normalized spacial score (nSPS) is 26.2. The summed E-state index contributed by atoms with van der Waals surface area (Å²) >= 11 is 0. The van der Waals surface area contributed by atoms with Gasteiger partial charge in [0.1, 0.15) is 5.82 Å². The van der Waals surface area contributed by atoms with Crippen LogP contribution in [-0.4, -0.2) is 6.54 Å². The van der Waals surface area contributed by atoms with Gasteiger partial charge in [-0.1, -0.05) is 19.9 Å². The van der Waals surface area contributed by atoms with Crippen LogP contribution in [0.4, 0.5) is 17.6 Å². The molecule has 0 aliphatic heterocycles. The Morgan fingerprint density at radius 1 is 1.28 bits per heavy atom. The first kappa shape index (κ1) is 13.3. The van der Waals surface area contributed by atoms with Crippen LogP contribution in [0.25, 0.3) is 0 Å². The van der Waals surface area contributed by atoms with Crippen LogP contribution in [0, 0.1) is 17.2 Å². The predicted octanol–water partition coefficient (Wildman–Crippen LogP) is 3.54. The highest BCUT2D eigenvalue weighted by atomic mass is 19.4. The summed E-state index contributed by atoms with van der Waals surface area (Å²) in [6.07, 6.45) is -4.51. The van der Waals surface area contributed by atoms with Gasteiger partial charge in [0.2, 0.25) is 0 Å². The van der Waals surface area contributed by atoms with Crippen LogP contribution in [-0.2, 0) is 6.18 Å². The van der Waals surface area contributed by atoms with Crippen molar-refractivity contribution < 1.29 is 17.6 Å². The summed E-state index contributed by atoms with van der Waals surface area (Å²) in [4.78, 5) is 0. The molecule has 0 unspecified atom stereocenters. The monoisotopic (exact) mass is 261 g/mol. The lowest BCUT2D eigenvalue weighted by molar-refractivity contribution is -0.137. The molecule has 0 heterocycles. The summed E-state index contributed by atoms with van der Waals surface area (Å²) in [5, 5.41) is 0. The van der Waals surface area contributed by atoms with Crippen molar-refractivity contribution in [1.82, 2.24) is 0 Å². The molecule has 0 radical (unpaired) electrons. The molecule has 1 aromatic carbocycles. The van der Waals surface area contributed by atoms with Gasteiger partial charge in [0.15, 0.2) is 0 Å². The van der Waals surface area contributed by atoms with Gasteiger partial charge in [-0.2, -0.15) is 13.2 Å². The Hall–Kier alpha value is -1.10. The third-order valence-corrected chi connectivity index (χ3v) is 3.97. The quantitative estimate of drug-likeness (QED) is 0.809. The number of halogens is 4. The van der Waals surface area contributed by atoms with Crippen molar-refractivity contribution in [1.29, 1.82) is 0 Å². The third-order valence-electron chi connectivity index (χ3n) is 3.97. The van der Waals surface area contributed by atoms with E-state index in [0.29, 0.717) is 18.2 Å². The fourth-order valence-corrected chi connectivity index (χ4v) is 2.76. The van der Waals surface area contributed by atoms with Crippen molar-refractivity contribution in [2.75, 3.05) is 6.54 Å². The molecule has 2 atom stereocenters. The molecule has 1 saturated carbocycles. The molecule has 1 aliphatic rings. The highest BCUT2D eigenvalue weighted by Gasteiger charge is 2.58. The smallest absolute Gasteiger partial charge is 0.330 e. The molecule has 1 aromatic rings. The van der Waals surface area contributed by atoms with Crippen LogP contribution in [0.15, 0.2) is 18.2 Å². The van der Waals surface area contributed by atoms with E-state index in [2.05, 4.69) is 0 Å². The fraction of sp³-hybridized carbons (Fsp3) is 0.538. The average Bonchev–Trinajstić information content (AvgIpc) is 2.78. The van der Waals surface area contributed by atoms with Gasteiger partial charge >= 0.3 is 6.18 Å². The average molecular weight is 261 g/mol. The van der Waals surface area contributed by atoms with E-state index in [1.807, 2.05) is 13.8 Å². The summed E-state index contributed by atoms with van der Waals surface area (Å²) in [5.41, 5.74) is 4.82. The van der Waals surface area contributed by atoms with Crippen molar-refractivity contribution in [3.63, 3.8) is 0 Å². The van der Waals surface area contributed by atoms with E-state index in [0.717, 1.165) is 6.07 Å². The molecule has 100 valence electrons. The molecule has 0 amide bonds. The number of rotatable bonds is 2. The van der Waals surface area contributed by atoms with Crippen molar-refractivity contribution in [2.24, 2.45) is 17.1 Å². The Labute approximate surface area is 103 Å². The van der Waals surface area contributed by atoms with Crippen LogP contribution in [0.5, 0.6) is 0 Å². The van der Waals surface area contributed by atoms with Crippen molar-refractivity contribution in [2.45, 2.75) is 25.9 Å². The maximum Gasteiger partial charge on any atom is 0.416 e. The summed E-state index contributed by atoms with van der Waals surface area (Å²) in [6.45, 7) is 4.32. The number of nitrogens with two attached hydrogens (primary N) is 1. The number of benzene rings is 1. The zero-order valence-corrected chi connectivity index (χ0v) is 10.2. The van der Waals surface area contributed by atoms with Gasteiger partial charge in [-0.05, 0) is 41.5 Å². The lowest BCUT2D eigenvalue weighted by atomic mass is 10.0. The molecule has 1 nitrogen and oxygen atoms in total. The van der Waals surface area contributed by atoms with E-state index in [-0.39, 0.29) is 17.3 Å². The molecule has 1 fully saturated rings. The molecular weight excluding hydrogens is 246 g/mol. The van der Waals surface area contributed by atoms with E-state index >= 15 is 0 Å². The van der Waals surface area contributed by atoms with Gasteiger partial charge in [-0.3, -0.25) is 0 Å². The highest BCUT2D eigenvalue weighted by molar-refractivity contribution is 5.36. The largest absolute Gasteiger partial charge is 0.416 e. The minimum Gasteiger partial charge on any atom is -0.330 e. The van der Waals surface area contributed by atoms with E-state index in [4.69, 9.17) is 5.73 Å². The Morgan fingerprint density at radius 3 is 2.28 bits per heavy atom. The van der Waals surface area contributed by atoms with E-state index in [1.54, 1.807) is 0 Å². The van der Waals surface area contributed by atoms with Crippen LogP contribution in [0.1, 0.15) is 30.9 Å². The van der Waals surface area contributed by atoms with E-state index < -0.39 is 17.6 Å². The molecule has 0 aromatic heterocycles. The first-order valence-corrected chi connectivity index (χ1v) is 5.76. The molecule has 0 saturated heterocycles. The lowest BCUT2D eigenvalue weighted by Crippen LogP contribution is -2.07. The third kappa shape index (κ3) is 2.00. The topological polar surface area (TPSA) is 26.0 Å². The summed E-state index contributed by atoms with van der Waals surface area (Å²) in [7, 11) is 0. The first-order valence-electron chi connectivity index (χ1n) is 5.76. The SMILES string of the molecule is CC1(C)[C@@H](CN)[C@@H]1c1ccc(C(F)(F)F)cc1F. The number of alkyl halides is 3. The summed E-state index contributed by atoms with van der Waals surface area (Å²) < 4.78 is 51.1. The van der Waals surface area contributed by atoms with Gasteiger partial charge in [-0.15, -0.1) is 0 Å². The molecule has 18 heavy (non-hydrogen) atoms. The molecule has 1 aliphatic carbocycles. The van der Waals surface area contributed by atoms with Gasteiger partial charge in [-0.25, -0.2) is 4.39 Å². The Balaban J connectivity index is 2.33. The molecule has 2 N–H and O–H groups in total. The second-order valence-corrected chi connectivity index (χ2v) is 5.38. The van der Waals surface area contributed by atoms with Crippen LogP contribution >= 0.6 is 0 Å². The predicted molar refractivity (Wildman–Crippen MR) is 60.5 cm³/mol. The standard InChI is InChI=1S/C13H15F4N/c1-12(2)9(6-18)11(12)8-4-3-7(5-10(8)14)13(15,16)17/h3-5,9,11H,6,18H2,1-2H3/t9-,11-/m0/s1. The Morgan fingerprint density at radius 2 is 1.89 bits per heavy atom. The zero-order chi connectivity index (χ0) is 13.7. The van der Waals surface area contributed by atoms with Gasteiger partial charge in [0.25, 0.3) is 0 Å². The van der Waals surface area contributed by atoms with Gasteiger partial charge in [0.05, 0.1) is 5.56 Å². The summed E-state index contributed by atoms with van der Waals surface area (Å²) in [6, 6.07) is 2.73. The van der Waals surface area contributed by atoms with Gasteiger partial charge in [0, 0.05) is 0 Å². The zero-order valence-electron chi connectivity index (χ0n) is 10.2. The van der Waals surface area contributed by atoms with Crippen LogP contribution in [0.3, 0.4) is 0 Å². The second-order valence-electron chi connectivity index (χ2n) is 5.38. The highest BCUT2D eigenvalue weighted by Crippen LogP contribution is 2.64. The molecule has 2 rings (SSSR count). The molecule has 0 spiro atoms. The fourth-order valence-electron chi connectivity index (χ4n) is 2.76. The minimum atomic E-state index is -4.51. The molecular formula is C13H15F4N. The van der Waals surface area contributed by atoms with E-state index in [1.165, 1.54) is 6.07 Å². The van der Waals surface area contributed by atoms with Crippen LogP contribution < -0.4 is 5.73 Å². The second kappa shape index (κ2) is 3.95. The van der Waals surface area contributed by atoms with Crippen molar-refractivity contribution in [3.8, 4) is 0 Å². The maximum absolute atomic E-state index is 13.8. The minimum absolute atomic E-state index is 0.0928. The molecule has 5 heteroatoms.